The fraction of sp³-hybridized carbons (Fsp3) is 0.400. The van der Waals surface area contributed by atoms with E-state index in [1.54, 1.807) is 0 Å². The Morgan fingerprint density at radius 3 is 2.48 bits per heavy atom. The van der Waals surface area contributed by atoms with Gasteiger partial charge in [0.05, 0.1) is 6.61 Å². The van der Waals surface area contributed by atoms with Gasteiger partial charge in [-0.25, -0.2) is 0 Å². The van der Waals surface area contributed by atoms with Gasteiger partial charge in [-0.15, -0.1) is 0 Å². The van der Waals surface area contributed by atoms with Crippen molar-refractivity contribution in [3.8, 4) is 11.5 Å². The summed E-state index contributed by atoms with van der Waals surface area (Å²) in [6.07, 6.45) is 3.48. The van der Waals surface area contributed by atoms with Gasteiger partial charge in [0, 0.05) is 12.0 Å². The van der Waals surface area contributed by atoms with Gasteiger partial charge in [0.25, 0.3) is 0 Å². The van der Waals surface area contributed by atoms with Gasteiger partial charge in [-0.2, -0.15) is 13.5 Å². The van der Waals surface area contributed by atoms with Gasteiger partial charge in [0.15, 0.2) is 23.9 Å². The Kier molecular flexibility index (Phi) is 8.18. The van der Waals surface area contributed by atoms with E-state index in [0.29, 0.717) is 28.4 Å². The van der Waals surface area contributed by atoms with Crippen molar-refractivity contribution in [2.45, 2.75) is 32.0 Å². The highest BCUT2D eigenvalue weighted by atomic mass is 79.9. The number of carbonyl (C=O) groups is 1. The largest absolute Gasteiger partial charge is 0.619 e. The highest BCUT2D eigenvalue weighted by Gasteiger charge is 2.26. The molecule has 1 saturated carbocycles. The number of hydrogen-bond donors (Lipinski definition) is 0. The molecule has 31 heavy (non-hydrogen) atoms. The molecular formula is C20H18BrCl2F2NO5. The molecule has 1 aliphatic rings. The molecule has 6 nitrogen and oxygen atoms in total. The quantitative estimate of drug-likeness (QED) is 0.178. The van der Waals surface area contributed by atoms with Gasteiger partial charge in [0.1, 0.15) is 21.5 Å². The fourth-order valence-corrected chi connectivity index (χ4v) is 3.58. The predicted molar refractivity (Wildman–Crippen MR) is 113 cm³/mol. The Balaban J connectivity index is 1.93. The third-order valence-corrected chi connectivity index (χ3v) is 5.67. The molecule has 168 valence electrons. The van der Waals surface area contributed by atoms with E-state index >= 15 is 0 Å². The minimum absolute atomic E-state index is 0.0500. The standard InChI is InChI=1S/C20H18BrCl2F2NO5/c21-7-19(27)30-17(6-13-14(22)8-26(28)9-15(13)23)12-3-4-16(31-20(24)25)18(5-12)29-10-11-1-2-11/h3-5,8-9,11,17,20H,1-2,6-7,10H2. The number of benzene rings is 1. The van der Waals surface area contributed by atoms with Gasteiger partial charge in [-0.1, -0.05) is 45.2 Å². The summed E-state index contributed by atoms with van der Waals surface area (Å²) in [6, 6.07) is 4.32. The van der Waals surface area contributed by atoms with Crippen LogP contribution in [0.5, 0.6) is 11.5 Å². The number of alkyl halides is 3. The SMILES string of the molecule is O=C(CBr)OC(Cc1c(Cl)c[n+]([O-])cc1Cl)c1ccc(OC(F)F)c(OCC2CC2)c1. The molecule has 1 fully saturated rings. The number of rotatable bonds is 10. The van der Waals surface area contributed by atoms with Gasteiger partial charge in [0.2, 0.25) is 0 Å². The molecule has 1 atom stereocenters. The van der Waals surface area contributed by atoms with Gasteiger partial charge in [-0.3, -0.25) is 4.79 Å². The van der Waals surface area contributed by atoms with Gasteiger partial charge in [-0.05, 0) is 36.5 Å². The maximum absolute atomic E-state index is 12.8. The van der Waals surface area contributed by atoms with E-state index in [9.17, 15) is 18.8 Å². The second-order valence-corrected chi connectivity index (χ2v) is 8.32. The Labute approximate surface area is 195 Å². The molecule has 3 rings (SSSR count). The van der Waals surface area contributed by atoms with Crippen LogP contribution < -0.4 is 14.2 Å². The predicted octanol–water partition coefficient (Wildman–Crippen LogP) is 5.24. The lowest BCUT2D eigenvalue weighted by Crippen LogP contribution is -2.25. The van der Waals surface area contributed by atoms with E-state index in [4.69, 9.17) is 32.7 Å². The molecule has 0 N–H and O–H groups in total. The van der Waals surface area contributed by atoms with Crippen LogP contribution >= 0.6 is 39.1 Å². The molecule has 1 aromatic heterocycles. The van der Waals surface area contributed by atoms with E-state index in [2.05, 4.69) is 20.7 Å². The lowest BCUT2D eigenvalue weighted by atomic mass is 10.0. The van der Waals surface area contributed by atoms with Crippen molar-refractivity contribution in [1.82, 2.24) is 0 Å². The van der Waals surface area contributed by atoms with Crippen LogP contribution in [0.1, 0.15) is 30.1 Å². The minimum atomic E-state index is -3.02. The Morgan fingerprint density at radius 2 is 1.90 bits per heavy atom. The highest BCUT2D eigenvalue weighted by Crippen LogP contribution is 2.37. The Hall–Kier alpha value is -1.84. The van der Waals surface area contributed by atoms with Crippen LogP contribution in [0.25, 0.3) is 0 Å². The maximum atomic E-state index is 12.8. The molecule has 0 spiro atoms. The fourth-order valence-electron chi connectivity index (χ4n) is 2.85. The van der Waals surface area contributed by atoms with Crippen LogP contribution in [-0.2, 0) is 16.0 Å². The Bertz CT molecular complexity index is 923. The lowest BCUT2D eigenvalue weighted by molar-refractivity contribution is -0.605. The number of esters is 1. The molecule has 0 amide bonds. The summed E-state index contributed by atoms with van der Waals surface area (Å²) < 4.78 is 41.8. The molecule has 1 aliphatic carbocycles. The van der Waals surface area contributed by atoms with Crippen LogP contribution in [0.2, 0.25) is 10.0 Å². The second-order valence-electron chi connectivity index (χ2n) is 6.95. The summed E-state index contributed by atoms with van der Waals surface area (Å²) in [6.45, 7) is -2.65. The van der Waals surface area contributed by atoms with Gasteiger partial charge < -0.3 is 19.4 Å². The molecule has 1 heterocycles. The topological polar surface area (TPSA) is 71.7 Å². The first-order valence-electron chi connectivity index (χ1n) is 9.30. The molecule has 2 aromatic rings. The first-order valence-corrected chi connectivity index (χ1v) is 11.2. The average Bonchev–Trinajstić information content (AvgIpc) is 3.53. The molecule has 0 bridgehead atoms. The number of carbonyl (C=O) groups excluding carboxylic acids is 1. The summed E-state index contributed by atoms with van der Waals surface area (Å²) >= 11 is 15.4. The first kappa shape index (κ1) is 23.8. The van der Waals surface area contributed by atoms with Crippen LogP contribution in [0.4, 0.5) is 8.78 Å². The normalized spacial score (nSPS) is 14.4. The van der Waals surface area contributed by atoms with Crippen LogP contribution in [0.15, 0.2) is 30.6 Å². The monoisotopic (exact) mass is 539 g/mol. The van der Waals surface area contributed by atoms with Crippen molar-refractivity contribution in [2.24, 2.45) is 5.92 Å². The highest BCUT2D eigenvalue weighted by molar-refractivity contribution is 9.09. The molecule has 11 heteroatoms. The molecule has 0 radical (unpaired) electrons. The summed E-state index contributed by atoms with van der Waals surface area (Å²) in [5.41, 5.74) is 0.865. The third kappa shape index (κ3) is 6.82. The van der Waals surface area contributed by atoms with E-state index in [1.165, 1.54) is 18.2 Å². The van der Waals surface area contributed by atoms with Crippen molar-refractivity contribution in [3.63, 3.8) is 0 Å². The molecular weight excluding hydrogens is 523 g/mol. The number of pyridine rings is 1. The van der Waals surface area contributed by atoms with Crippen molar-refractivity contribution >= 4 is 45.1 Å². The summed E-state index contributed by atoms with van der Waals surface area (Å²) in [7, 11) is 0. The van der Waals surface area contributed by atoms with E-state index in [-0.39, 0.29) is 33.3 Å². The summed E-state index contributed by atoms with van der Waals surface area (Å²) in [4.78, 5) is 12.0. The lowest BCUT2D eigenvalue weighted by Gasteiger charge is -2.21. The first-order chi connectivity index (χ1) is 14.8. The van der Waals surface area contributed by atoms with Crippen molar-refractivity contribution in [3.05, 3.63) is 57.0 Å². The maximum Gasteiger partial charge on any atom is 0.387 e. The third-order valence-electron chi connectivity index (χ3n) is 4.56. The van der Waals surface area contributed by atoms with Crippen LogP contribution in [0, 0.1) is 11.1 Å². The molecule has 1 unspecified atom stereocenters. The number of hydrogen-bond acceptors (Lipinski definition) is 5. The number of halogens is 5. The average molecular weight is 541 g/mol. The number of nitrogens with zero attached hydrogens (tertiary/aromatic N) is 1. The van der Waals surface area contributed by atoms with Crippen LogP contribution in [-0.4, -0.2) is 24.5 Å². The number of aromatic nitrogens is 1. The number of ether oxygens (including phenoxy) is 3. The zero-order valence-corrected chi connectivity index (χ0v) is 19.1. The molecule has 0 aliphatic heterocycles. The Morgan fingerprint density at radius 1 is 1.23 bits per heavy atom. The van der Waals surface area contributed by atoms with Crippen LogP contribution in [0.3, 0.4) is 0 Å². The van der Waals surface area contributed by atoms with E-state index in [1.807, 2.05) is 0 Å². The van der Waals surface area contributed by atoms with Crippen molar-refractivity contribution in [1.29, 1.82) is 0 Å². The van der Waals surface area contributed by atoms with E-state index in [0.717, 1.165) is 25.2 Å². The summed E-state index contributed by atoms with van der Waals surface area (Å²) in [5, 5.41) is 11.7. The molecule has 0 saturated heterocycles. The van der Waals surface area contributed by atoms with Crippen molar-refractivity contribution in [2.75, 3.05) is 11.9 Å². The smallest absolute Gasteiger partial charge is 0.387 e. The summed E-state index contributed by atoms with van der Waals surface area (Å²) in [5.74, 6) is -0.174. The second kappa shape index (κ2) is 10.7. The zero-order valence-electron chi connectivity index (χ0n) is 16.0. The van der Waals surface area contributed by atoms with Crippen molar-refractivity contribution < 1.29 is 32.5 Å². The molecule has 1 aromatic carbocycles. The van der Waals surface area contributed by atoms with E-state index < -0.39 is 18.7 Å². The minimum Gasteiger partial charge on any atom is -0.619 e. The van der Waals surface area contributed by atoms with Gasteiger partial charge >= 0.3 is 12.6 Å². The zero-order chi connectivity index (χ0) is 22.5.